The largest absolute Gasteiger partial charge is 0.493 e. The topological polar surface area (TPSA) is 48.0 Å². The van der Waals surface area contributed by atoms with Crippen molar-refractivity contribution in [2.45, 2.75) is 13.3 Å². The van der Waals surface area contributed by atoms with Crippen LogP contribution >= 0.6 is 0 Å². The predicted molar refractivity (Wildman–Crippen MR) is 101 cm³/mol. The van der Waals surface area contributed by atoms with Crippen LogP contribution in [0.15, 0.2) is 43.0 Å². The summed E-state index contributed by atoms with van der Waals surface area (Å²) in [7, 11) is 3.21. The molecule has 1 amide bonds. The lowest BCUT2D eigenvalue weighted by atomic mass is 9.95. The second kappa shape index (κ2) is 7.52. The lowest BCUT2D eigenvalue weighted by Gasteiger charge is -2.32. The number of amides is 1. The van der Waals surface area contributed by atoms with E-state index in [1.165, 1.54) is 0 Å². The number of methoxy groups -OCH3 is 2. The van der Waals surface area contributed by atoms with Crippen molar-refractivity contribution >= 4 is 11.6 Å². The quantitative estimate of drug-likeness (QED) is 0.821. The maximum Gasteiger partial charge on any atom is 0.262 e. The molecule has 0 atom stereocenters. The smallest absolute Gasteiger partial charge is 0.262 e. The molecule has 0 aliphatic carbocycles. The first-order valence-corrected chi connectivity index (χ1v) is 8.58. The minimum absolute atomic E-state index is 0.112. The lowest BCUT2D eigenvalue weighted by Crippen LogP contribution is -2.35. The van der Waals surface area contributed by atoms with E-state index in [2.05, 4.69) is 6.58 Å². The number of nitrogens with zero attached hydrogens (tertiary/aromatic N) is 1. The number of rotatable bonds is 5. The third kappa shape index (κ3) is 3.12. The number of para-hydroxylation sites is 1. The average Bonchev–Trinajstić information content (AvgIpc) is 2.67. The van der Waals surface area contributed by atoms with Gasteiger partial charge in [0.25, 0.3) is 5.91 Å². The molecule has 0 radical (unpaired) electrons. The Bertz CT molecular complexity index is 844. The minimum atomic E-state index is -0.112. The summed E-state index contributed by atoms with van der Waals surface area (Å²) in [4.78, 5) is 14.8. The van der Waals surface area contributed by atoms with Crippen molar-refractivity contribution in [2.24, 2.45) is 0 Å². The summed E-state index contributed by atoms with van der Waals surface area (Å²) >= 11 is 0. The van der Waals surface area contributed by atoms with E-state index in [1.807, 2.05) is 37.3 Å². The third-order valence-corrected chi connectivity index (χ3v) is 4.51. The third-order valence-electron chi connectivity index (χ3n) is 4.51. The Morgan fingerprint density at radius 3 is 2.50 bits per heavy atom. The van der Waals surface area contributed by atoms with E-state index in [-0.39, 0.29) is 5.91 Å². The number of carbonyl (C=O) groups excluding carboxylic acids is 1. The summed E-state index contributed by atoms with van der Waals surface area (Å²) in [5.41, 5.74) is 3.19. The molecule has 0 bridgehead atoms. The van der Waals surface area contributed by atoms with E-state index in [4.69, 9.17) is 14.2 Å². The van der Waals surface area contributed by atoms with Gasteiger partial charge in [-0.15, -0.1) is 0 Å². The van der Waals surface area contributed by atoms with Gasteiger partial charge in [0.15, 0.2) is 11.5 Å². The monoisotopic (exact) mass is 353 g/mol. The molecule has 0 saturated heterocycles. The molecule has 5 heteroatoms. The zero-order valence-corrected chi connectivity index (χ0v) is 15.4. The number of hydrogen-bond acceptors (Lipinski definition) is 4. The van der Waals surface area contributed by atoms with Crippen LogP contribution < -0.4 is 14.2 Å². The van der Waals surface area contributed by atoms with Gasteiger partial charge >= 0.3 is 0 Å². The normalized spacial score (nSPS) is 13.2. The fourth-order valence-electron chi connectivity index (χ4n) is 3.20. The molecule has 0 spiro atoms. The summed E-state index contributed by atoms with van der Waals surface area (Å²) in [5.74, 6) is 1.78. The average molecular weight is 353 g/mol. The van der Waals surface area contributed by atoms with Gasteiger partial charge in [0.05, 0.1) is 26.4 Å². The van der Waals surface area contributed by atoms with Gasteiger partial charge in [0.1, 0.15) is 5.75 Å². The van der Waals surface area contributed by atoms with Crippen LogP contribution in [0, 0.1) is 0 Å². The van der Waals surface area contributed by atoms with Crippen molar-refractivity contribution < 1.29 is 19.0 Å². The van der Waals surface area contributed by atoms with Crippen LogP contribution in [0.1, 0.15) is 28.4 Å². The fraction of sp³-hybridized carbons (Fsp3) is 0.286. The van der Waals surface area contributed by atoms with Crippen molar-refractivity contribution in [1.29, 1.82) is 0 Å². The first kappa shape index (κ1) is 17.9. The molecule has 1 aliphatic rings. The number of carbonyl (C=O) groups is 1. The zero-order chi connectivity index (χ0) is 18.7. The molecule has 2 aromatic rings. The molecule has 0 aromatic heterocycles. The fourth-order valence-corrected chi connectivity index (χ4v) is 3.20. The Morgan fingerprint density at radius 2 is 1.81 bits per heavy atom. The minimum Gasteiger partial charge on any atom is -0.493 e. The molecule has 1 heterocycles. The number of fused-ring (bicyclic) bond motifs is 1. The van der Waals surface area contributed by atoms with Crippen molar-refractivity contribution in [3.63, 3.8) is 0 Å². The maximum atomic E-state index is 13.1. The van der Waals surface area contributed by atoms with Crippen molar-refractivity contribution in [1.82, 2.24) is 4.90 Å². The standard InChI is InChI=1S/C21H23NO4/c1-5-26-18-9-7-6-8-16(18)21(23)22-11-10-15-12-19(24-3)20(25-4)13-17(15)14(22)2/h6-9,12-13H,2,5,10-11H2,1,3-4H3. The summed E-state index contributed by atoms with van der Waals surface area (Å²) < 4.78 is 16.4. The number of ether oxygens (including phenoxy) is 3. The second-order valence-electron chi connectivity index (χ2n) is 5.95. The summed E-state index contributed by atoms with van der Waals surface area (Å²) in [6.45, 7) is 7.12. The molecule has 3 rings (SSSR count). The molecular weight excluding hydrogens is 330 g/mol. The molecule has 0 unspecified atom stereocenters. The molecule has 136 valence electrons. The van der Waals surface area contributed by atoms with E-state index in [1.54, 1.807) is 25.2 Å². The van der Waals surface area contributed by atoms with Crippen LogP contribution in [-0.4, -0.2) is 38.2 Å². The highest BCUT2D eigenvalue weighted by Gasteiger charge is 2.28. The van der Waals surface area contributed by atoms with Crippen LogP contribution in [0.3, 0.4) is 0 Å². The van der Waals surface area contributed by atoms with Gasteiger partial charge in [-0.05, 0) is 43.2 Å². The molecule has 0 saturated carbocycles. The first-order chi connectivity index (χ1) is 12.6. The van der Waals surface area contributed by atoms with Crippen molar-refractivity contribution in [3.8, 4) is 17.2 Å². The SMILES string of the molecule is C=C1c2cc(OC)c(OC)cc2CCN1C(=O)c1ccccc1OCC. The van der Waals surface area contributed by atoms with Gasteiger partial charge in [-0.2, -0.15) is 0 Å². The summed E-state index contributed by atoms with van der Waals surface area (Å²) in [5, 5.41) is 0. The highest BCUT2D eigenvalue weighted by Crippen LogP contribution is 2.37. The van der Waals surface area contributed by atoms with Crippen molar-refractivity contribution in [3.05, 3.63) is 59.7 Å². The zero-order valence-electron chi connectivity index (χ0n) is 15.4. The van der Waals surface area contributed by atoms with Crippen LogP contribution in [0.25, 0.3) is 5.70 Å². The Hall–Kier alpha value is -2.95. The van der Waals surface area contributed by atoms with Gasteiger partial charge in [-0.3, -0.25) is 4.79 Å². The van der Waals surface area contributed by atoms with Gasteiger partial charge < -0.3 is 19.1 Å². The van der Waals surface area contributed by atoms with Crippen LogP contribution in [0.5, 0.6) is 17.2 Å². The molecule has 0 N–H and O–H groups in total. The van der Waals surface area contributed by atoms with E-state index in [9.17, 15) is 4.79 Å². The van der Waals surface area contributed by atoms with Gasteiger partial charge in [0.2, 0.25) is 0 Å². The number of hydrogen-bond donors (Lipinski definition) is 0. The van der Waals surface area contributed by atoms with Crippen LogP contribution in [-0.2, 0) is 6.42 Å². The molecule has 26 heavy (non-hydrogen) atoms. The Labute approximate surface area is 153 Å². The van der Waals surface area contributed by atoms with Gasteiger partial charge in [-0.25, -0.2) is 0 Å². The molecule has 5 nitrogen and oxygen atoms in total. The Kier molecular flexibility index (Phi) is 5.16. The van der Waals surface area contributed by atoms with Gasteiger partial charge in [0, 0.05) is 17.8 Å². The molecule has 1 aliphatic heterocycles. The molecule has 0 fully saturated rings. The maximum absolute atomic E-state index is 13.1. The lowest BCUT2D eigenvalue weighted by molar-refractivity contribution is 0.0829. The van der Waals surface area contributed by atoms with E-state index >= 15 is 0 Å². The van der Waals surface area contributed by atoms with Gasteiger partial charge in [-0.1, -0.05) is 18.7 Å². The first-order valence-electron chi connectivity index (χ1n) is 8.58. The second-order valence-corrected chi connectivity index (χ2v) is 5.95. The Morgan fingerprint density at radius 1 is 1.12 bits per heavy atom. The van der Waals surface area contributed by atoms with Crippen LogP contribution in [0.2, 0.25) is 0 Å². The molecular formula is C21H23NO4. The molecule has 2 aromatic carbocycles. The van der Waals surface area contributed by atoms with Crippen LogP contribution in [0.4, 0.5) is 0 Å². The van der Waals surface area contributed by atoms with Crippen molar-refractivity contribution in [2.75, 3.05) is 27.4 Å². The highest BCUT2D eigenvalue weighted by atomic mass is 16.5. The summed E-state index contributed by atoms with van der Waals surface area (Å²) in [6.07, 6.45) is 0.719. The van der Waals surface area contributed by atoms with E-state index in [0.717, 1.165) is 17.5 Å². The highest BCUT2D eigenvalue weighted by molar-refractivity contribution is 6.02. The predicted octanol–water partition coefficient (Wildman–Crippen LogP) is 3.77. The van der Waals surface area contributed by atoms with E-state index < -0.39 is 0 Å². The number of benzene rings is 2. The Balaban J connectivity index is 1.95. The summed E-state index contributed by atoms with van der Waals surface area (Å²) in [6, 6.07) is 11.1. The van der Waals surface area contributed by atoms with E-state index in [0.29, 0.717) is 41.7 Å².